The second-order valence-electron chi connectivity index (χ2n) is 7.94. The number of amides is 3. The van der Waals surface area contributed by atoms with E-state index < -0.39 is 17.7 Å². The number of halogens is 1. The quantitative estimate of drug-likeness (QED) is 0.327. The van der Waals surface area contributed by atoms with E-state index in [0.29, 0.717) is 11.2 Å². The number of carbonyl (C=O) groups is 3. The third-order valence-corrected chi connectivity index (χ3v) is 5.83. The molecule has 1 atom stereocenters. The van der Waals surface area contributed by atoms with Gasteiger partial charge in [-0.2, -0.15) is 0 Å². The Morgan fingerprint density at radius 2 is 1.65 bits per heavy atom. The fourth-order valence-corrected chi connectivity index (χ4v) is 4.01. The van der Waals surface area contributed by atoms with Crippen LogP contribution in [-0.4, -0.2) is 22.4 Å². The topological polar surface area (TPSA) is 92.2 Å². The van der Waals surface area contributed by atoms with Crippen molar-refractivity contribution in [1.29, 1.82) is 0 Å². The Morgan fingerprint density at radius 1 is 0.882 bits per heavy atom. The van der Waals surface area contributed by atoms with Crippen LogP contribution in [0, 0.1) is 6.92 Å². The molecule has 0 bridgehead atoms. The van der Waals surface area contributed by atoms with Crippen LogP contribution in [0.5, 0.6) is 0 Å². The molecule has 0 saturated heterocycles. The first-order valence-electron chi connectivity index (χ1n) is 10.7. The number of nitrogens with zero attached hydrogens (tertiary/aromatic N) is 1. The van der Waals surface area contributed by atoms with Crippen LogP contribution in [-0.2, 0) is 9.59 Å². The van der Waals surface area contributed by atoms with Crippen molar-refractivity contribution in [2.24, 2.45) is 0 Å². The number of nitrogens with one attached hydrogen (secondary N) is 3. The van der Waals surface area contributed by atoms with Gasteiger partial charge >= 0.3 is 11.8 Å². The van der Waals surface area contributed by atoms with Gasteiger partial charge in [0.25, 0.3) is 5.91 Å². The Morgan fingerprint density at radius 3 is 2.38 bits per heavy atom. The molecule has 0 aliphatic heterocycles. The van der Waals surface area contributed by atoms with E-state index >= 15 is 0 Å². The first-order chi connectivity index (χ1) is 16.3. The Labute approximate surface area is 205 Å². The van der Waals surface area contributed by atoms with E-state index in [9.17, 15) is 14.4 Å². The minimum absolute atomic E-state index is 0.187. The number of aromatic nitrogens is 1. The Balaban J connectivity index is 1.59. The van der Waals surface area contributed by atoms with E-state index in [-0.39, 0.29) is 11.7 Å². The predicted octanol–water partition coefficient (Wildman–Crippen LogP) is 4.91. The van der Waals surface area contributed by atoms with Crippen molar-refractivity contribution in [1.82, 2.24) is 9.99 Å². The SMILES string of the molecule is Cc1cccc(NC(=O)c2cc3cc(Br)ccc3n2NC(=O)C(=O)N[C@@H](C)c2ccccc2)c1. The fraction of sp³-hybridized carbons (Fsp3) is 0.115. The van der Waals surface area contributed by atoms with E-state index in [1.807, 2.05) is 61.5 Å². The van der Waals surface area contributed by atoms with Crippen molar-refractivity contribution in [2.45, 2.75) is 19.9 Å². The van der Waals surface area contributed by atoms with Crippen LogP contribution in [0.2, 0.25) is 0 Å². The summed E-state index contributed by atoms with van der Waals surface area (Å²) in [7, 11) is 0. The highest BCUT2D eigenvalue weighted by Gasteiger charge is 2.22. The van der Waals surface area contributed by atoms with Crippen LogP contribution in [0.15, 0.2) is 83.3 Å². The molecule has 8 heteroatoms. The number of aryl methyl sites for hydroxylation is 1. The largest absolute Gasteiger partial charge is 0.341 e. The van der Waals surface area contributed by atoms with E-state index in [4.69, 9.17) is 0 Å². The number of hydrogen-bond acceptors (Lipinski definition) is 3. The molecular weight excluding hydrogens is 496 g/mol. The molecule has 0 fully saturated rings. The lowest BCUT2D eigenvalue weighted by atomic mass is 10.1. The zero-order valence-electron chi connectivity index (χ0n) is 18.6. The minimum atomic E-state index is -0.882. The highest BCUT2D eigenvalue weighted by molar-refractivity contribution is 9.10. The van der Waals surface area contributed by atoms with Gasteiger partial charge in [-0.3, -0.25) is 19.8 Å². The molecule has 0 aliphatic carbocycles. The number of benzene rings is 3. The van der Waals surface area contributed by atoms with Gasteiger partial charge < -0.3 is 10.6 Å². The maximum Gasteiger partial charge on any atom is 0.328 e. The summed E-state index contributed by atoms with van der Waals surface area (Å²) >= 11 is 3.43. The van der Waals surface area contributed by atoms with E-state index in [2.05, 4.69) is 32.0 Å². The smallest absolute Gasteiger partial charge is 0.328 e. The molecule has 0 spiro atoms. The number of hydrogen-bond donors (Lipinski definition) is 3. The summed E-state index contributed by atoms with van der Waals surface area (Å²) in [6, 6.07) is 23.4. The molecule has 3 N–H and O–H groups in total. The molecule has 0 radical (unpaired) electrons. The van der Waals surface area contributed by atoms with Crippen LogP contribution >= 0.6 is 15.9 Å². The number of carbonyl (C=O) groups excluding carboxylic acids is 3. The molecule has 1 heterocycles. The van der Waals surface area contributed by atoms with Crippen molar-refractivity contribution >= 4 is 50.2 Å². The van der Waals surface area contributed by atoms with Crippen LogP contribution in [0.1, 0.15) is 34.6 Å². The number of anilines is 1. The van der Waals surface area contributed by atoms with Crippen LogP contribution in [0.25, 0.3) is 10.9 Å². The van der Waals surface area contributed by atoms with Gasteiger partial charge in [-0.1, -0.05) is 58.4 Å². The van der Waals surface area contributed by atoms with E-state index in [1.165, 1.54) is 4.68 Å². The maximum atomic E-state index is 13.1. The lowest BCUT2D eigenvalue weighted by Gasteiger charge is -2.16. The lowest BCUT2D eigenvalue weighted by Crippen LogP contribution is -2.40. The molecule has 1 aromatic heterocycles. The van der Waals surface area contributed by atoms with Crippen LogP contribution < -0.4 is 16.1 Å². The normalized spacial score (nSPS) is 11.6. The fourth-order valence-electron chi connectivity index (χ4n) is 3.63. The molecular formula is C26H23BrN4O3. The van der Waals surface area contributed by atoms with Crippen molar-refractivity contribution in [3.05, 3.63) is 100 Å². The Bertz CT molecular complexity index is 1380. The molecule has 172 valence electrons. The standard InChI is InChI=1S/C26H23BrN4O3/c1-16-7-6-10-21(13-16)29-24(32)23-15-19-14-20(27)11-12-22(19)31(23)30-26(34)25(33)28-17(2)18-8-4-3-5-9-18/h3-15,17H,1-2H3,(H,28,33)(H,29,32)(H,30,34)/t17-/m0/s1. The van der Waals surface area contributed by atoms with Gasteiger partial charge in [0.2, 0.25) is 0 Å². The van der Waals surface area contributed by atoms with E-state index in [0.717, 1.165) is 21.0 Å². The van der Waals surface area contributed by atoms with Gasteiger partial charge in [0.1, 0.15) is 5.69 Å². The maximum absolute atomic E-state index is 13.1. The summed E-state index contributed by atoms with van der Waals surface area (Å²) in [5.41, 5.74) is 5.84. The van der Waals surface area contributed by atoms with Crippen molar-refractivity contribution in [3.8, 4) is 0 Å². The number of rotatable bonds is 5. The zero-order chi connectivity index (χ0) is 24.2. The summed E-state index contributed by atoms with van der Waals surface area (Å²) in [5.74, 6) is -2.11. The molecule has 34 heavy (non-hydrogen) atoms. The first-order valence-corrected chi connectivity index (χ1v) is 11.5. The molecule has 4 aromatic rings. The third kappa shape index (κ3) is 5.18. The van der Waals surface area contributed by atoms with Gasteiger partial charge in [0.15, 0.2) is 0 Å². The molecule has 0 unspecified atom stereocenters. The third-order valence-electron chi connectivity index (χ3n) is 5.34. The summed E-state index contributed by atoms with van der Waals surface area (Å²) < 4.78 is 2.16. The molecule has 0 aliphatic rings. The Kier molecular flexibility index (Phi) is 6.79. The molecule has 4 rings (SSSR count). The summed E-state index contributed by atoms with van der Waals surface area (Å²) in [6.07, 6.45) is 0. The van der Waals surface area contributed by atoms with Gasteiger partial charge in [0, 0.05) is 15.5 Å². The van der Waals surface area contributed by atoms with Crippen molar-refractivity contribution in [3.63, 3.8) is 0 Å². The van der Waals surface area contributed by atoms with Gasteiger partial charge in [-0.15, -0.1) is 0 Å². The molecule has 3 amide bonds. The highest BCUT2D eigenvalue weighted by atomic mass is 79.9. The predicted molar refractivity (Wildman–Crippen MR) is 136 cm³/mol. The van der Waals surface area contributed by atoms with Crippen molar-refractivity contribution in [2.75, 3.05) is 10.7 Å². The first kappa shape index (κ1) is 23.3. The van der Waals surface area contributed by atoms with Gasteiger partial charge in [-0.25, -0.2) is 4.68 Å². The highest BCUT2D eigenvalue weighted by Crippen LogP contribution is 2.24. The van der Waals surface area contributed by atoms with Crippen LogP contribution in [0.4, 0.5) is 5.69 Å². The lowest BCUT2D eigenvalue weighted by molar-refractivity contribution is -0.137. The summed E-state index contributed by atoms with van der Waals surface area (Å²) in [6.45, 7) is 3.73. The second-order valence-corrected chi connectivity index (χ2v) is 8.85. The van der Waals surface area contributed by atoms with Gasteiger partial charge in [0.05, 0.1) is 11.6 Å². The van der Waals surface area contributed by atoms with Crippen molar-refractivity contribution < 1.29 is 14.4 Å². The van der Waals surface area contributed by atoms with E-state index in [1.54, 1.807) is 31.2 Å². The van der Waals surface area contributed by atoms with Gasteiger partial charge in [-0.05, 0) is 61.4 Å². The van der Waals surface area contributed by atoms with Crippen LogP contribution in [0.3, 0.4) is 0 Å². The Hall–Kier alpha value is -3.91. The molecule has 0 saturated carbocycles. The average molecular weight is 519 g/mol. The average Bonchev–Trinajstić information content (AvgIpc) is 3.17. The molecule has 7 nitrogen and oxygen atoms in total. The summed E-state index contributed by atoms with van der Waals surface area (Å²) in [4.78, 5) is 38.5. The minimum Gasteiger partial charge on any atom is -0.341 e. The zero-order valence-corrected chi connectivity index (χ0v) is 20.2. The molecule has 3 aromatic carbocycles. The second kappa shape index (κ2) is 9.93. The summed E-state index contributed by atoms with van der Waals surface area (Å²) in [5, 5.41) is 6.26. The monoisotopic (exact) mass is 518 g/mol. The number of fused-ring (bicyclic) bond motifs is 1.